The van der Waals surface area contributed by atoms with Crippen molar-refractivity contribution >= 4 is 40.2 Å². The molecule has 0 spiro atoms. The molecule has 1 aliphatic rings. The van der Waals surface area contributed by atoms with E-state index in [4.69, 9.17) is 16.0 Å². The normalized spacial score (nSPS) is 16.9. The lowest BCUT2D eigenvalue weighted by atomic mass is 10.1. The van der Waals surface area contributed by atoms with Crippen LogP contribution in [-0.2, 0) is 16.1 Å². The SMILES string of the molecule is Cc1nc2cc(N3CC(C(=O)NCc4ccc(Cl)cc4)CC3=O)ccc2o1. The summed E-state index contributed by atoms with van der Waals surface area (Å²) in [5.74, 6) is 0.00858. The fraction of sp³-hybridized carbons (Fsp3) is 0.250. The Labute approximate surface area is 161 Å². The first-order valence-electron chi connectivity index (χ1n) is 8.69. The Hall–Kier alpha value is -2.86. The van der Waals surface area contributed by atoms with Gasteiger partial charge in [-0.25, -0.2) is 4.98 Å². The number of benzene rings is 2. The van der Waals surface area contributed by atoms with Crippen LogP contribution < -0.4 is 10.2 Å². The highest BCUT2D eigenvalue weighted by Gasteiger charge is 2.35. The Morgan fingerprint density at radius 2 is 2.07 bits per heavy atom. The van der Waals surface area contributed by atoms with Crippen molar-refractivity contribution in [1.82, 2.24) is 10.3 Å². The molecule has 6 nitrogen and oxygen atoms in total. The molecule has 3 aromatic rings. The zero-order valence-corrected chi connectivity index (χ0v) is 15.5. The maximum absolute atomic E-state index is 12.5. The summed E-state index contributed by atoms with van der Waals surface area (Å²) < 4.78 is 5.47. The number of amides is 2. The molecule has 0 bridgehead atoms. The quantitative estimate of drug-likeness (QED) is 0.748. The van der Waals surface area contributed by atoms with E-state index >= 15 is 0 Å². The third-order valence-electron chi connectivity index (χ3n) is 4.67. The first-order chi connectivity index (χ1) is 13.0. The van der Waals surface area contributed by atoms with Gasteiger partial charge in [0, 0.05) is 37.1 Å². The molecule has 1 atom stereocenters. The van der Waals surface area contributed by atoms with Crippen molar-refractivity contribution in [2.75, 3.05) is 11.4 Å². The Morgan fingerprint density at radius 1 is 1.30 bits per heavy atom. The lowest BCUT2D eigenvalue weighted by molar-refractivity contribution is -0.126. The van der Waals surface area contributed by atoms with Crippen molar-refractivity contribution < 1.29 is 14.0 Å². The minimum Gasteiger partial charge on any atom is -0.441 e. The highest BCUT2D eigenvalue weighted by molar-refractivity contribution is 6.30. The third-order valence-corrected chi connectivity index (χ3v) is 4.92. The van der Waals surface area contributed by atoms with Gasteiger partial charge in [0.25, 0.3) is 0 Å². The fourth-order valence-electron chi connectivity index (χ4n) is 3.27. The second-order valence-corrected chi connectivity index (χ2v) is 7.07. The molecule has 1 aromatic heterocycles. The molecule has 1 N–H and O–H groups in total. The molecule has 4 rings (SSSR count). The van der Waals surface area contributed by atoms with Gasteiger partial charge >= 0.3 is 0 Å². The third kappa shape index (κ3) is 3.66. The van der Waals surface area contributed by atoms with Gasteiger partial charge in [-0.05, 0) is 35.9 Å². The van der Waals surface area contributed by atoms with Crippen LogP contribution in [0.4, 0.5) is 5.69 Å². The van der Waals surface area contributed by atoms with Crippen LogP contribution in [0.25, 0.3) is 11.1 Å². The predicted octanol–water partition coefficient (Wildman–Crippen LogP) is 3.46. The van der Waals surface area contributed by atoms with Crippen LogP contribution >= 0.6 is 11.6 Å². The summed E-state index contributed by atoms with van der Waals surface area (Å²) in [5.41, 5.74) is 3.07. The monoisotopic (exact) mass is 383 g/mol. The number of anilines is 1. The number of carbonyl (C=O) groups excluding carboxylic acids is 2. The summed E-state index contributed by atoms with van der Waals surface area (Å²) in [4.78, 5) is 30.8. The van der Waals surface area contributed by atoms with E-state index in [1.54, 1.807) is 30.0 Å². The van der Waals surface area contributed by atoms with E-state index in [-0.39, 0.29) is 24.2 Å². The van der Waals surface area contributed by atoms with Gasteiger partial charge in [0.1, 0.15) is 5.52 Å². The zero-order valence-electron chi connectivity index (χ0n) is 14.7. The molecule has 138 valence electrons. The summed E-state index contributed by atoms with van der Waals surface area (Å²) >= 11 is 5.87. The highest BCUT2D eigenvalue weighted by atomic mass is 35.5. The van der Waals surface area contributed by atoms with E-state index in [1.807, 2.05) is 24.3 Å². The Balaban J connectivity index is 1.42. The van der Waals surface area contributed by atoms with Crippen LogP contribution in [0.15, 0.2) is 46.9 Å². The number of aromatic nitrogens is 1. The van der Waals surface area contributed by atoms with E-state index in [0.29, 0.717) is 35.1 Å². The molecule has 2 amide bonds. The topological polar surface area (TPSA) is 75.4 Å². The average molecular weight is 384 g/mol. The fourth-order valence-corrected chi connectivity index (χ4v) is 3.39. The Bertz CT molecular complexity index is 1010. The minimum absolute atomic E-state index is 0.0683. The van der Waals surface area contributed by atoms with Crippen LogP contribution in [0.1, 0.15) is 17.9 Å². The van der Waals surface area contributed by atoms with Gasteiger partial charge < -0.3 is 14.6 Å². The number of nitrogens with one attached hydrogen (secondary N) is 1. The number of aryl methyl sites for hydroxylation is 1. The number of hydrogen-bond donors (Lipinski definition) is 1. The minimum atomic E-state index is -0.375. The maximum Gasteiger partial charge on any atom is 0.227 e. The molecule has 0 aliphatic carbocycles. The highest BCUT2D eigenvalue weighted by Crippen LogP contribution is 2.28. The van der Waals surface area contributed by atoms with Crippen LogP contribution in [0, 0.1) is 12.8 Å². The lowest BCUT2D eigenvalue weighted by Crippen LogP contribution is -2.32. The van der Waals surface area contributed by atoms with Crippen LogP contribution in [-0.4, -0.2) is 23.3 Å². The maximum atomic E-state index is 12.5. The molecule has 1 aliphatic heterocycles. The number of rotatable bonds is 4. The molecule has 1 fully saturated rings. The summed E-state index contributed by atoms with van der Waals surface area (Å²) in [6.45, 7) is 2.54. The molecule has 0 saturated carbocycles. The van der Waals surface area contributed by atoms with Crippen molar-refractivity contribution in [1.29, 1.82) is 0 Å². The van der Waals surface area contributed by atoms with E-state index in [1.165, 1.54) is 0 Å². The van der Waals surface area contributed by atoms with Crippen LogP contribution in [0.3, 0.4) is 0 Å². The van der Waals surface area contributed by atoms with Gasteiger partial charge in [-0.15, -0.1) is 0 Å². The van der Waals surface area contributed by atoms with E-state index in [0.717, 1.165) is 11.3 Å². The smallest absolute Gasteiger partial charge is 0.227 e. The Morgan fingerprint density at radius 3 is 2.85 bits per heavy atom. The molecular weight excluding hydrogens is 366 g/mol. The molecule has 2 heterocycles. The standard InChI is InChI=1S/C20H18ClN3O3/c1-12-23-17-9-16(6-7-18(17)27-12)24-11-14(8-19(24)25)20(26)22-10-13-2-4-15(21)5-3-13/h2-7,9,14H,8,10-11H2,1H3,(H,22,26). The van der Waals surface area contributed by atoms with Gasteiger partial charge in [-0.1, -0.05) is 23.7 Å². The molecule has 1 unspecified atom stereocenters. The summed E-state index contributed by atoms with van der Waals surface area (Å²) in [5, 5.41) is 3.55. The number of hydrogen-bond acceptors (Lipinski definition) is 4. The second kappa shape index (κ2) is 7.04. The summed E-state index contributed by atoms with van der Waals surface area (Å²) in [6.07, 6.45) is 0.197. The lowest BCUT2D eigenvalue weighted by Gasteiger charge is -2.16. The number of fused-ring (bicyclic) bond motifs is 1. The first-order valence-corrected chi connectivity index (χ1v) is 9.07. The van der Waals surface area contributed by atoms with Crippen molar-refractivity contribution in [2.45, 2.75) is 19.9 Å². The summed E-state index contributed by atoms with van der Waals surface area (Å²) in [6, 6.07) is 12.7. The van der Waals surface area contributed by atoms with Crippen molar-refractivity contribution in [3.8, 4) is 0 Å². The molecule has 0 radical (unpaired) electrons. The molecule has 7 heteroatoms. The Kier molecular flexibility index (Phi) is 4.58. The molecule has 27 heavy (non-hydrogen) atoms. The van der Waals surface area contributed by atoms with Crippen LogP contribution in [0.2, 0.25) is 5.02 Å². The van der Waals surface area contributed by atoms with Crippen LogP contribution in [0.5, 0.6) is 0 Å². The molecular formula is C20H18ClN3O3. The van der Waals surface area contributed by atoms with E-state index in [2.05, 4.69) is 10.3 Å². The van der Waals surface area contributed by atoms with Gasteiger partial charge in [0.05, 0.1) is 5.92 Å². The summed E-state index contributed by atoms with van der Waals surface area (Å²) in [7, 11) is 0. The predicted molar refractivity (Wildman–Crippen MR) is 103 cm³/mol. The van der Waals surface area contributed by atoms with E-state index in [9.17, 15) is 9.59 Å². The second-order valence-electron chi connectivity index (χ2n) is 6.63. The van der Waals surface area contributed by atoms with Gasteiger partial charge in [0.2, 0.25) is 11.8 Å². The van der Waals surface area contributed by atoms with E-state index < -0.39 is 0 Å². The van der Waals surface area contributed by atoms with Crippen molar-refractivity contribution in [3.63, 3.8) is 0 Å². The van der Waals surface area contributed by atoms with Gasteiger partial charge in [0.15, 0.2) is 11.5 Å². The van der Waals surface area contributed by atoms with Crippen molar-refractivity contribution in [3.05, 3.63) is 58.9 Å². The average Bonchev–Trinajstić information content (AvgIpc) is 3.22. The van der Waals surface area contributed by atoms with Gasteiger partial charge in [-0.3, -0.25) is 9.59 Å². The molecule has 2 aromatic carbocycles. The zero-order chi connectivity index (χ0) is 19.0. The molecule has 1 saturated heterocycles. The van der Waals surface area contributed by atoms with Gasteiger partial charge in [-0.2, -0.15) is 0 Å². The number of nitrogens with zero attached hydrogens (tertiary/aromatic N) is 2. The number of oxazole rings is 1. The number of halogens is 1. The van der Waals surface area contributed by atoms with Crippen molar-refractivity contribution in [2.24, 2.45) is 5.92 Å². The first kappa shape index (κ1) is 17.5. The number of carbonyl (C=O) groups is 2. The largest absolute Gasteiger partial charge is 0.441 e.